The summed E-state index contributed by atoms with van der Waals surface area (Å²) in [7, 11) is 0. The zero-order chi connectivity index (χ0) is 18.4. The van der Waals surface area contributed by atoms with Crippen molar-refractivity contribution in [3.63, 3.8) is 0 Å². The monoisotopic (exact) mass is 372 g/mol. The van der Waals surface area contributed by atoms with Crippen molar-refractivity contribution in [2.75, 3.05) is 11.9 Å². The normalized spacial score (nSPS) is 16.6. The van der Waals surface area contributed by atoms with Gasteiger partial charge in [-0.3, -0.25) is 14.4 Å². The molecule has 0 radical (unpaired) electrons. The Morgan fingerprint density at radius 1 is 1.27 bits per heavy atom. The summed E-state index contributed by atoms with van der Waals surface area (Å²) in [6.07, 6.45) is 1.47. The van der Waals surface area contributed by atoms with Gasteiger partial charge in [0.15, 0.2) is 5.13 Å². The molecule has 0 bridgehead atoms. The lowest BCUT2D eigenvalue weighted by Gasteiger charge is -2.20. The second-order valence-corrected chi connectivity index (χ2v) is 6.92. The van der Waals surface area contributed by atoms with E-state index >= 15 is 0 Å². The fraction of sp³-hybridized carbons (Fsp3) is 0.333. The van der Waals surface area contributed by atoms with Crippen LogP contribution in [0.15, 0.2) is 35.7 Å². The van der Waals surface area contributed by atoms with Crippen LogP contribution in [0, 0.1) is 5.92 Å². The van der Waals surface area contributed by atoms with E-state index in [1.807, 2.05) is 30.3 Å². The third kappa shape index (κ3) is 4.89. The van der Waals surface area contributed by atoms with Gasteiger partial charge in [0.05, 0.1) is 12.1 Å². The van der Waals surface area contributed by atoms with Gasteiger partial charge in [-0.1, -0.05) is 30.3 Å². The predicted molar refractivity (Wildman–Crippen MR) is 98.5 cm³/mol. The van der Waals surface area contributed by atoms with Crippen LogP contribution >= 0.6 is 11.3 Å². The number of nitrogens with zero attached hydrogens (tertiary/aromatic N) is 1. The lowest BCUT2D eigenvalue weighted by molar-refractivity contribution is -0.134. The summed E-state index contributed by atoms with van der Waals surface area (Å²) in [5.41, 5.74) is 1.61. The molecule has 1 saturated heterocycles. The molecule has 3 amide bonds. The van der Waals surface area contributed by atoms with Crippen molar-refractivity contribution in [2.24, 2.45) is 5.92 Å². The van der Waals surface area contributed by atoms with Crippen molar-refractivity contribution < 1.29 is 14.4 Å². The average molecular weight is 372 g/mol. The molecule has 0 aliphatic carbocycles. The van der Waals surface area contributed by atoms with E-state index in [9.17, 15) is 14.4 Å². The number of thiazole rings is 1. The minimum absolute atomic E-state index is 0.135. The fourth-order valence-corrected chi connectivity index (χ4v) is 3.40. The van der Waals surface area contributed by atoms with Crippen LogP contribution in [-0.4, -0.2) is 29.3 Å². The minimum Gasteiger partial charge on any atom is -0.355 e. The number of piperidine rings is 1. The fourth-order valence-electron chi connectivity index (χ4n) is 2.68. The molecule has 136 valence electrons. The Labute approximate surface area is 155 Å². The highest BCUT2D eigenvalue weighted by molar-refractivity contribution is 7.13. The number of nitrogens with one attached hydrogen (secondary N) is 3. The largest absolute Gasteiger partial charge is 0.355 e. The van der Waals surface area contributed by atoms with Gasteiger partial charge < -0.3 is 16.0 Å². The van der Waals surface area contributed by atoms with Crippen molar-refractivity contribution in [1.29, 1.82) is 0 Å². The summed E-state index contributed by atoms with van der Waals surface area (Å²) >= 11 is 1.24. The molecule has 8 heteroatoms. The van der Waals surface area contributed by atoms with Crippen molar-refractivity contribution in [2.45, 2.75) is 25.8 Å². The van der Waals surface area contributed by atoms with E-state index in [1.54, 1.807) is 5.38 Å². The molecule has 2 aromatic rings. The molecular weight excluding hydrogens is 352 g/mol. The number of hydrogen-bond acceptors (Lipinski definition) is 5. The molecule has 26 heavy (non-hydrogen) atoms. The van der Waals surface area contributed by atoms with Crippen molar-refractivity contribution >= 4 is 34.2 Å². The summed E-state index contributed by atoms with van der Waals surface area (Å²) in [4.78, 5) is 40.2. The van der Waals surface area contributed by atoms with Crippen LogP contribution in [0.2, 0.25) is 0 Å². The van der Waals surface area contributed by atoms with Crippen molar-refractivity contribution in [3.8, 4) is 0 Å². The van der Waals surface area contributed by atoms with Crippen molar-refractivity contribution in [3.05, 3.63) is 47.0 Å². The molecule has 1 fully saturated rings. The first-order chi connectivity index (χ1) is 12.6. The molecule has 1 aliphatic rings. The van der Waals surface area contributed by atoms with E-state index < -0.39 is 5.92 Å². The van der Waals surface area contributed by atoms with E-state index in [2.05, 4.69) is 20.9 Å². The second kappa shape index (κ2) is 8.57. The van der Waals surface area contributed by atoms with E-state index in [0.29, 0.717) is 30.3 Å². The first kappa shape index (κ1) is 18.1. The molecule has 7 nitrogen and oxygen atoms in total. The van der Waals surface area contributed by atoms with Crippen LogP contribution in [0.25, 0.3) is 0 Å². The number of anilines is 1. The summed E-state index contributed by atoms with van der Waals surface area (Å²) in [6.45, 7) is 1.08. The van der Waals surface area contributed by atoms with Gasteiger partial charge in [-0.15, -0.1) is 11.3 Å². The van der Waals surface area contributed by atoms with Gasteiger partial charge in [0.25, 0.3) is 0 Å². The van der Waals surface area contributed by atoms with Gasteiger partial charge in [0.2, 0.25) is 17.7 Å². The topological polar surface area (TPSA) is 100 Å². The Kier molecular flexibility index (Phi) is 5.96. The minimum atomic E-state index is -0.676. The average Bonchev–Trinajstić information content (AvgIpc) is 3.08. The first-order valence-corrected chi connectivity index (χ1v) is 9.33. The van der Waals surface area contributed by atoms with Gasteiger partial charge in [-0.25, -0.2) is 4.98 Å². The maximum absolute atomic E-state index is 12.2. The van der Waals surface area contributed by atoms with Crippen LogP contribution in [0.3, 0.4) is 0 Å². The molecule has 1 aromatic carbocycles. The quantitative estimate of drug-likeness (QED) is 0.669. The van der Waals surface area contributed by atoms with Crippen LogP contribution < -0.4 is 16.0 Å². The van der Waals surface area contributed by atoms with E-state index in [-0.39, 0.29) is 24.1 Å². The molecule has 0 saturated carbocycles. The highest BCUT2D eigenvalue weighted by Crippen LogP contribution is 2.19. The maximum Gasteiger partial charge on any atom is 0.238 e. The van der Waals surface area contributed by atoms with Crippen LogP contribution in [0.4, 0.5) is 5.13 Å². The number of carbonyl (C=O) groups excluding carboxylic acids is 3. The third-order valence-corrected chi connectivity index (χ3v) is 4.86. The standard InChI is InChI=1S/C18H20N4O3S/c23-15(20-10-12-5-2-1-3-6-12)9-13-11-26-18(21-13)22-17(25)14-7-4-8-19-16(14)24/h1-3,5-6,11,14H,4,7-10H2,(H,19,24)(H,20,23)(H,21,22,25). The summed E-state index contributed by atoms with van der Waals surface area (Å²) in [5.74, 6) is -1.41. The van der Waals surface area contributed by atoms with Crippen molar-refractivity contribution in [1.82, 2.24) is 15.6 Å². The lowest BCUT2D eigenvalue weighted by atomic mass is 9.98. The van der Waals surface area contributed by atoms with Gasteiger partial charge in [0.1, 0.15) is 5.92 Å². The number of aromatic nitrogens is 1. The number of hydrogen-bond donors (Lipinski definition) is 3. The van der Waals surface area contributed by atoms with Crippen LogP contribution in [0.5, 0.6) is 0 Å². The Morgan fingerprint density at radius 3 is 2.85 bits per heavy atom. The first-order valence-electron chi connectivity index (χ1n) is 8.45. The van der Waals surface area contributed by atoms with Crippen LogP contribution in [-0.2, 0) is 27.3 Å². The second-order valence-electron chi connectivity index (χ2n) is 6.06. The smallest absolute Gasteiger partial charge is 0.238 e. The molecular formula is C18H20N4O3S. The van der Waals surface area contributed by atoms with E-state index in [0.717, 1.165) is 12.0 Å². The number of carbonyl (C=O) groups is 3. The van der Waals surface area contributed by atoms with Crippen LogP contribution in [0.1, 0.15) is 24.1 Å². The Hall–Kier alpha value is -2.74. The number of benzene rings is 1. The van der Waals surface area contributed by atoms with E-state index in [4.69, 9.17) is 0 Å². The highest BCUT2D eigenvalue weighted by atomic mass is 32.1. The molecule has 3 rings (SSSR count). The zero-order valence-electron chi connectivity index (χ0n) is 14.2. The van der Waals surface area contributed by atoms with Gasteiger partial charge in [-0.2, -0.15) is 0 Å². The molecule has 3 N–H and O–H groups in total. The Balaban J connectivity index is 1.48. The van der Waals surface area contributed by atoms with Gasteiger partial charge in [0, 0.05) is 18.5 Å². The highest BCUT2D eigenvalue weighted by Gasteiger charge is 2.29. The number of amides is 3. The molecule has 1 aromatic heterocycles. The predicted octanol–water partition coefficient (Wildman–Crippen LogP) is 1.47. The molecule has 1 aliphatic heterocycles. The van der Waals surface area contributed by atoms with E-state index in [1.165, 1.54) is 11.3 Å². The molecule has 1 atom stereocenters. The lowest BCUT2D eigenvalue weighted by Crippen LogP contribution is -2.42. The zero-order valence-corrected chi connectivity index (χ0v) is 15.0. The summed E-state index contributed by atoms with van der Waals surface area (Å²) in [5, 5.41) is 10.3. The maximum atomic E-state index is 12.2. The Bertz CT molecular complexity index is 791. The molecule has 0 spiro atoms. The molecule has 1 unspecified atom stereocenters. The SMILES string of the molecule is O=C(Cc1csc(NC(=O)C2CCCNC2=O)n1)NCc1ccccc1. The summed E-state index contributed by atoms with van der Waals surface area (Å²) in [6, 6.07) is 9.65. The third-order valence-electron chi connectivity index (χ3n) is 4.06. The number of rotatable bonds is 6. The Morgan fingerprint density at radius 2 is 2.08 bits per heavy atom. The molecule has 2 heterocycles. The van der Waals surface area contributed by atoms with Gasteiger partial charge in [-0.05, 0) is 18.4 Å². The van der Waals surface area contributed by atoms with Gasteiger partial charge >= 0.3 is 0 Å². The summed E-state index contributed by atoms with van der Waals surface area (Å²) < 4.78 is 0.